The number of carbonyl (C=O) groups excluding carboxylic acids is 2. The van der Waals surface area contributed by atoms with Crippen molar-refractivity contribution in [1.82, 2.24) is 14.8 Å². The summed E-state index contributed by atoms with van der Waals surface area (Å²) in [6, 6.07) is 7.80. The maximum Gasteiger partial charge on any atom is 0.416 e. The summed E-state index contributed by atoms with van der Waals surface area (Å²) >= 11 is 0. The minimum absolute atomic E-state index is 0.0999. The molecule has 1 aromatic carbocycles. The maximum absolute atomic E-state index is 12.8. The molecule has 0 bridgehead atoms. The van der Waals surface area contributed by atoms with E-state index in [-0.39, 0.29) is 18.3 Å². The van der Waals surface area contributed by atoms with Crippen LogP contribution < -0.4 is 10.6 Å². The number of rotatable bonds is 5. The van der Waals surface area contributed by atoms with Gasteiger partial charge in [-0.15, -0.1) is 0 Å². The Labute approximate surface area is 171 Å². The van der Waals surface area contributed by atoms with Crippen molar-refractivity contribution < 1.29 is 27.5 Å². The Morgan fingerprint density at radius 2 is 1.87 bits per heavy atom. The van der Waals surface area contributed by atoms with Crippen LogP contribution in [-0.4, -0.2) is 54.1 Å². The van der Waals surface area contributed by atoms with Crippen molar-refractivity contribution in [2.24, 2.45) is 7.05 Å². The standard InChI is InChI=1S/C20H23F3N4O3/c1-26-7-3-6-16(26)17(27-8-10-30-11-9-27)13-24-18(28)19(29)25-15-5-2-4-14(12-15)20(21,22)23/h2-7,12,17H,8-11,13H2,1H3,(H,24,28)(H,25,29). The van der Waals surface area contributed by atoms with Gasteiger partial charge in [-0.1, -0.05) is 6.07 Å². The van der Waals surface area contributed by atoms with E-state index < -0.39 is 23.6 Å². The van der Waals surface area contributed by atoms with E-state index in [0.717, 1.165) is 17.8 Å². The fraction of sp³-hybridized carbons (Fsp3) is 0.400. The van der Waals surface area contributed by atoms with Crippen LogP contribution in [0.5, 0.6) is 0 Å². The number of nitrogens with one attached hydrogen (secondary N) is 2. The number of halogens is 3. The molecule has 0 aliphatic carbocycles. The number of aryl methyl sites for hydroxylation is 1. The highest BCUT2D eigenvalue weighted by molar-refractivity contribution is 6.39. The molecule has 7 nitrogen and oxygen atoms in total. The Hall–Kier alpha value is -2.85. The highest BCUT2D eigenvalue weighted by Crippen LogP contribution is 2.30. The zero-order chi connectivity index (χ0) is 21.7. The number of benzene rings is 1. The first-order chi connectivity index (χ1) is 14.3. The molecule has 0 radical (unpaired) electrons. The van der Waals surface area contributed by atoms with Crippen molar-refractivity contribution in [2.45, 2.75) is 12.2 Å². The van der Waals surface area contributed by atoms with Crippen LogP contribution >= 0.6 is 0 Å². The topological polar surface area (TPSA) is 75.6 Å². The van der Waals surface area contributed by atoms with Crippen molar-refractivity contribution >= 4 is 17.5 Å². The van der Waals surface area contributed by atoms with E-state index in [0.29, 0.717) is 26.3 Å². The predicted molar refractivity (Wildman–Crippen MR) is 104 cm³/mol. The zero-order valence-corrected chi connectivity index (χ0v) is 16.4. The van der Waals surface area contributed by atoms with Gasteiger partial charge < -0.3 is 19.9 Å². The van der Waals surface area contributed by atoms with Gasteiger partial charge in [-0.05, 0) is 30.3 Å². The molecule has 2 amide bonds. The first-order valence-corrected chi connectivity index (χ1v) is 9.45. The number of aromatic nitrogens is 1. The van der Waals surface area contributed by atoms with E-state index >= 15 is 0 Å². The smallest absolute Gasteiger partial charge is 0.379 e. The Kier molecular flexibility index (Phi) is 6.78. The molecular weight excluding hydrogens is 401 g/mol. The van der Waals surface area contributed by atoms with Crippen molar-refractivity contribution in [3.8, 4) is 0 Å². The third kappa shape index (κ3) is 5.39. The van der Waals surface area contributed by atoms with Crippen LogP contribution in [0, 0.1) is 0 Å². The van der Waals surface area contributed by atoms with Crippen LogP contribution in [0.3, 0.4) is 0 Å². The third-order valence-corrected chi connectivity index (χ3v) is 4.92. The van der Waals surface area contributed by atoms with Crippen molar-refractivity contribution in [3.63, 3.8) is 0 Å². The molecule has 162 valence electrons. The zero-order valence-electron chi connectivity index (χ0n) is 16.4. The molecule has 1 saturated heterocycles. The molecule has 3 rings (SSSR count). The van der Waals surface area contributed by atoms with Gasteiger partial charge in [0.2, 0.25) is 0 Å². The molecule has 30 heavy (non-hydrogen) atoms. The number of hydrogen-bond donors (Lipinski definition) is 2. The SMILES string of the molecule is Cn1cccc1C(CNC(=O)C(=O)Nc1cccc(C(F)(F)F)c1)N1CCOCC1. The minimum atomic E-state index is -4.54. The number of hydrogen-bond acceptors (Lipinski definition) is 4. The number of morpholine rings is 1. The van der Waals surface area contributed by atoms with Crippen molar-refractivity contribution in [3.05, 3.63) is 53.9 Å². The Balaban J connectivity index is 1.63. The van der Waals surface area contributed by atoms with Gasteiger partial charge in [-0.2, -0.15) is 13.2 Å². The van der Waals surface area contributed by atoms with Gasteiger partial charge in [0.25, 0.3) is 0 Å². The lowest BCUT2D eigenvalue weighted by Crippen LogP contribution is -2.46. The summed E-state index contributed by atoms with van der Waals surface area (Å²) < 4.78 is 45.8. The highest BCUT2D eigenvalue weighted by Gasteiger charge is 2.31. The number of alkyl halides is 3. The number of ether oxygens (including phenoxy) is 1. The molecule has 1 atom stereocenters. The predicted octanol–water partition coefficient (Wildman–Crippen LogP) is 2.17. The van der Waals surface area contributed by atoms with Crippen LogP contribution in [-0.2, 0) is 27.5 Å². The average molecular weight is 424 g/mol. The normalized spacial score (nSPS) is 16.1. The van der Waals surface area contributed by atoms with Crippen LogP contribution in [0.15, 0.2) is 42.6 Å². The fourth-order valence-corrected chi connectivity index (χ4v) is 3.36. The van der Waals surface area contributed by atoms with Crippen LogP contribution in [0.2, 0.25) is 0 Å². The van der Waals surface area contributed by atoms with Gasteiger partial charge in [0.15, 0.2) is 0 Å². The summed E-state index contributed by atoms with van der Waals surface area (Å²) in [5.74, 6) is -1.94. The second-order valence-electron chi connectivity index (χ2n) is 6.95. The van der Waals surface area contributed by atoms with E-state index in [1.165, 1.54) is 12.1 Å². The van der Waals surface area contributed by atoms with E-state index in [2.05, 4.69) is 15.5 Å². The third-order valence-electron chi connectivity index (χ3n) is 4.92. The lowest BCUT2D eigenvalue weighted by molar-refractivity contribution is -0.137. The second kappa shape index (κ2) is 9.31. The second-order valence-corrected chi connectivity index (χ2v) is 6.95. The first-order valence-electron chi connectivity index (χ1n) is 9.45. The molecule has 1 aliphatic rings. The van der Waals surface area contributed by atoms with Gasteiger partial charge in [0, 0.05) is 44.3 Å². The first kappa shape index (κ1) is 21.8. The summed E-state index contributed by atoms with van der Waals surface area (Å²) in [7, 11) is 1.89. The van der Waals surface area contributed by atoms with Gasteiger partial charge in [-0.25, -0.2) is 0 Å². The number of amides is 2. The maximum atomic E-state index is 12.8. The quantitative estimate of drug-likeness (QED) is 0.722. The Bertz CT molecular complexity index is 891. The van der Waals surface area contributed by atoms with E-state index in [9.17, 15) is 22.8 Å². The molecule has 2 N–H and O–H groups in total. The molecule has 1 fully saturated rings. The molecule has 0 spiro atoms. The summed E-state index contributed by atoms with van der Waals surface area (Å²) in [5, 5.41) is 4.81. The summed E-state index contributed by atoms with van der Waals surface area (Å²) in [6.07, 6.45) is -2.64. The monoisotopic (exact) mass is 424 g/mol. The number of anilines is 1. The number of nitrogens with zero attached hydrogens (tertiary/aromatic N) is 2. The summed E-state index contributed by atoms with van der Waals surface area (Å²) in [5.41, 5.74) is -0.0376. The molecule has 0 saturated carbocycles. The molecule has 1 unspecified atom stereocenters. The molecule has 1 aliphatic heterocycles. The fourth-order valence-electron chi connectivity index (χ4n) is 3.36. The van der Waals surface area contributed by atoms with Gasteiger partial charge in [0.1, 0.15) is 0 Å². The van der Waals surface area contributed by atoms with Crippen LogP contribution in [0.4, 0.5) is 18.9 Å². The van der Waals surface area contributed by atoms with E-state index in [4.69, 9.17) is 4.74 Å². The average Bonchev–Trinajstić information content (AvgIpc) is 3.14. The molecule has 2 heterocycles. The van der Waals surface area contributed by atoms with Crippen molar-refractivity contribution in [2.75, 3.05) is 38.2 Å². The highest BCUT2D eigenvalue weighted by atomic mass is 19.4. The van der Waals surface area contributed by atoms with Gasteiger partial charge in [-0.3, -0.25) is 14.5 Å². The minimum Gasteiger partial charge on any atom is -0.379 e. The Morgan fingerprint density at radius 1 is 1.13 bits per heavy atom. The summed E-state index contributed by atoms with van der Waals surface area (Å²) in [6.45, 7) is 2.69. The van der Waals surface area contributed by atoms with Crippen LogP contribution in [0.1, 0.15) is 17.3 Å². The Morgan fingerprint density at radius 3 is 2.50 bits per heavy atom. The lowest BCUT2D eigenvalue weighted by atomic mass is 10.1. The van der Waals surface area contributed by atoms with Gasteiger partial charge >= 0.3 is 18.0 Å². The van der Waals surface area contributed by atoms with E-state index in [1.54, 1.807) is 0 Å². The summed E-state index contributed by atoms with van der Waals surface area (Å²) in [4.78, 5) is 26.6. The molecule has 1 aromatic heterocycles. The van der Waals surface area contributed by atoms with E-state index in [1.807, 2.05) is 29.9 Å². The molecule has 2 aromatic rings. The van der Waals surface area contributed by atoms with Crippen LogP contribution in [0.25, 0.3) is 0 Å². The molecular formula is C20H23F3N4O3. The van der Waals surface area contributed by atoms with Crippen molar-refractivity contribution in [1.29, 1.82) is 0 Å². The van der Waals surface area contributed by atoms with Gasteiger partial charge in [0.05, 0.1) is 24.8 Å². The molecule has 10 heteroatoms. The number of carbonyl (C=O) groups is 2. The largest absolute Gasteiger partial charge is 0.416 e. The lowest BCUT2D eigenvalue weighted by Gasteiger charge is -2.34.